The number of carbonyl (C=O) groups is 1. The highest BCUT2D eigenvalue weighted by Crippen LogP contribution is 2.30. The molecule has 0 unspecified atom stereocenters. The molecule has 1 heterocycles. The summed E-state index contributed by atoms with van der Waals surface area (Å²) in [6.07, 6.45) is 3.49. The summed E-state index contributed by atoms with van der Waals surface area (Å²) >= 11 is 13.9. The van der Waals surface area contributed by atoms with Crippen molar-refractivity contribution in [2.45, 2.75) is 25.4 Å². The number of amides is 1. The Morgan fingerprint density at radius 2 is 2.19 bits per heavy atom. The normalized spacial score (nSPS) is 15.1. The monoisotopic (exact) mass is 368 g/mol. The fourth-order valence-corrected chi connectivity index (χ4v) is 3.46. The topological polar surface area (TPSA) is 46.3 Å². The summed E-state index contributed by atoms with van der Waals surface area (Å²) in [4.78, 5) is 14.1. The second kappa shape index (κ2) is 8.49. The molecule has 0 radical (unpaired) electrons. The van der Waals surface area contributed by atoms with Gasteiger partial charge in [0.05, 0.1) is 6.04 Å². The first kappa shape index (κ1) is 18.9. The van der Waals surface area contributed by atoms with Gasteiger partial charge in [0, 0.05) is 23.1 Å². The second-order valence-electron chi connectivity index (χ2n) is 4.92. The van der Waals surface area contributed by atoms with Crippen molar-refractivity contribution >= 4 is 53.3 Å². The number of thioether (sulfide) groups is 1. The number of hydrogen-bond donors (Lipinski definition) is 1. The van der Waals surface area contributed by atoms with Crippen LogP contribution in [0.25, 0.3) is 0 Å². The minimum absolute atomic E-state index is 0. The van der Waals surface area contributed by atoms with Gasteiger partial charge in [-0.2, -0.15) is 11.8 Å². The minimum Gasteiger partial charge on any atom is -0.337 e. The maximum atomic E-state index is 12.3. The number of halogens is 3. The third kappa shape index (κ3) is 4.67. The Morgan fingerprint density at radius 3 is 2.86 bits per heavy atom. The van der Waals surface area contributed by atoms with E-state index < -0.39 is 6.04 Å². The predicted molar refractivity (Wildman–Crippen MR) is 93.8 cm³/mol. The van der Waals surface area contributed by atoms with Gasteiger partial charge in [0.1, 0.15) is 0 Å². The number of hydrogen-bond acceptors (Lipinski definition) is 3. The lowest BCUT2D eigenvalue weighted by Crippen LogP contribution is -2.46. The average Bonchev–Trinajstić information content (AvgIpc) is 2.43. The van der Waals surface area contributed by atoms with Crippen LogP contribution in [0.2, 0.25) is 10.0 Å². The highest BCUT2D eigenvalue weighted by atomic mass is 35.5. The summed E-state index contributed by atoms with van der Waals surface area (Å²) in [5.74, 6) is 0.906. The van der Waals surface area contributed by atoms with Crippen LogP contribution < -0.4 is 5.73 Å². The van der Waals surface area contributed by atoms with Gasteiger partial charge in [-0.15, -0.1) is 12.4 Å². The molecule has 1 amide bonds. The molecule has 118 valence electrons. The Labute approximate surface area is 145 Å². The van der Waals surface area contributed by atoms with Crippen molar-refractivity contribution in [2.24, 2.45) is 5.73 Å². The molecule has 1 aliphatic heterocycles. The van der Waals surface area contributed by atoms with Crippen LogP contribution >= 0.6 is 47.4 Å². The van der Waals surface area contributed by atoms with Crippen LogP contribution in [0, 0.1) is 0 Å². The molecule has 1 aromatic carbocycles. The van der Waals surface area contributed by atoms with E-state index in [1.165, 1.54) is 0 Å². The molecule has 7 heteroatoms. The number of nitrogens with zero attached hydrogens (tertiary/aromatic N) is 1. The molecule has 1 aromatic rings. The Balaban J connectivity index is 0.00000220. The summed E-state index contributed by atoms with van der Waals surface area (Å²) in [5.41, 5.74) is 8.08. The summed E-state index contributed by atoms with van der Waals surface area (Å²) in [7, 11) is 0. The Kier molecular flexibility index (Phi) is 7.65. The number of rotatable bonds is 4. The van der Waals surface area contributed by atoms with E-state index >= 15 is 0 Å². The lowest BCUT2D eigenvalue weighted by molar-refractivity contribution is -0.133. The van der Waals surface area contributed by atoms with Crippen LogP contribution in [0.1, 0.15) is 17.5 Å². The molecule has 3 nitrogen and oxygen atoms in total. The summed E-state index contributed by atoms with van der Waals surface area (Å²) in [6.45, 7) is 1.20. The largest absolute Gasteiger partial charge is 0.337 e. The van der Waals surface area contributed by atoms with E-state index in [9.17, 15) is 4.79 Å². The minimum atomic E-state index is -0.421. The highest BCUT2D eigenvalue weighted by molar-refractivity contribution is 7.98. The van der Waals surface area contributed by atoms with Gasteiger partial charge >= 0.3 is 0 Å². The molecule has 21 heavy (non-hydrogen) atoms. The average molecular weight is 370 g/mol. The lowest BCUT2D eigenvalue weighted by atomic mass is 9.99. The molecule has 1 aliphatic rings. The van der Waals surface area contributed by atoms with Gasteiger partial charge in [0.2, 0.25) is 5.91 Å². The first-order chi connectivity index (χ1) is 9.52. The number of nitrogens with two attached hydrogens (primary N) is 1. The van der Waals surface area contributed by atoms with E-state index in [1.54, 1.807) is 22.7 Å². The Morgan fingerprint density at radius 1 is 1.48 bits per heavy atom. The zero-order valence-corrected chi connectivity index (χ0v) is 14.9. The van der Waals surface area contributed by atoms with E-state index in [0.29, 0.717) is 29.6 Å². The highest BCUT2D eigenvalue weighted by Gasteiger charge is 2.26. The Bertz CT molecular complexity index is 513. The second-order valence-corrected chi connectivity index (χ2v) is 6.75. The third-order valence-electron chi connectivity index (χ3n) is 3.51. The Hall–Kier alpha value is -0.130. The zero-order chi connectivity index (χ0) is 14.7. The third-order valence-corrected chi connectivity index (χ3v) is 4.71. The van der Waals surface area contributed by atoms with Crippen LogP contribution in [0.4, 0.5) is 0 Å². The maximum Gasteiger partial charge on any atom is 0.239 e. The van der Waals surface area contributed by atoms with Crippen molar-refractivity contribution < 1.29 is 4.79 Å². The SMILES string of the molecule is CSCC[C@H](N)C(=O)N1CCc2cc(Cl)cc(Cl)c2C1.Cl. The number of fused-ring (bicyclic) bond motifs is 1. The predicted octanol–water partition coefficient (Wildman–Crippen LogP) is 3.38. The molecule has 2 rings (SSSR count). The molecule has 1 atom stereocenters. The zero-order valence-electron chi connectivity index (χ0n) is 11.8. The fraction of sp³-hybridized carbons (Fsp3) is 0.500. The first-order valence-electron chi connectivity index (χ1n) is 6.53. The molecule has 0 fully saturated rings. The quantitative estimate of drug-likeness (QED) is 0.885. The van der Waals surface area contributed by atoms with E-state index in [-0.39, 0.29) is 18.3 Å². The molecule has 0 spiro atoms. The smallest absolute Gasteiger partial charge is 0.239 e. The van der Waals surface area contributed by atoms with E-state index in [0.717, 1.165) is 23.3 Å². The molecular formula is C14H19Cl3N2OS. The van der Waals surface area contributed by atoms with E-state index in [2.05, 4.69) is 0 Å². The van der Waals surface area contributed by atoms with Gasteiger partial charge in [0.25, 0.3) is 0 Å². The van der Waals surface area contributed by atoms with Crippen molar-refractivity contribution in [1.29, 1.82) is 0 Å². The van der Waals surface area contributed by atoms with Crippen molar-refractivity contribution in [3.8, 4) is 0 Å². The molecule has 0 saturated heterocycles. The van der Waals surface area contributed by atoms with Crippen molar-refractivity contribution in [3.63, 3.8) is 0 Å². The number of benzene rings is 1. The van der Waals surface area contributed by atoms with Crippen molar-refractivity contribution in [1.82, 2.24) is 4.90 Å². The van der Waals surface area contributed by atoms with E-state index in [1.807, 2.05) is 12.3 Å². The molecule has 0 saturated carbocycles. The van der Waals surface area contributed by atoms with Crippen LogP contribution in [-0.4, -0.2) is 35.4 Å². The molecule has 0 aromatic heterocycles. The summed E-state index contributed by atoms with van der Waals surface area (Å²) in [6, 6.07) is 3.23. The summed E-state index contributed by atoms with van der Waals surface area (Å²) < 4.78 is 0. The van der Waals surface area contributed by atoms with Crippen LogP contribution in [0.15, 0.2) is 12.1 Å². The molecule has 0 bridgehead atoms. The van der Waals surface area contributed by atoms with Gasteiger partial charge in [-0.25, -0.2) is 0 Å². The van der Waals surface area contributed by atoms with Crippen molar-refractivity contribution in [2.75, 3.05) is 18.6 Å². The fourth-order valence-electron chi connectivity index (χ4n) is 2.37. The van der Waals surface area contributed by atoms with Crippen LogP contribution in [0.3, 0.4) is 0 Å². The van der Waals surface area contributed by atoms with E-state index in [4.69, 9.17) is 28.9 Å². The van der Waals surface area contributed by atoms with Gasteiger partial charge < -0.3 is 10.6 Å². The van der Waals surface area contributed by atoms with Crippen LogP contribution in [-0.2, 0) is 17.8 Å². The molecule has 2 N–H and O–H groups in total. The first-order valence-corrected chi connectivity index (χ1v) is 8.68. The van der Waals surface area contributed by atoms with Gasteiger partial charge in [-0.1, -0.05) is 23.2 Å². The number of carbonyl (C=O) groups excluding carboxylic acids is 1. The van der Waals surface area contributed by atoms with Crippen LogP contribution in [0.5, 0.6) is 0 Å². The standard InChI is InChI=1S/C14H18Cl2N2OS.ClH/c1-20-5-3-13(17)14(19)18-4-2-9-6-10(15)7-12(16)11(9)8-18;/h6-7,13H,2-5,8,17H2,1H3;1H/t13-;/m0./s1. The van der Waals surface area contributed by atoms with Gasteiger partial charge in [0.15, 0.2) is 0 Å². The molecular weight excluding hydrogens is 351 g/mol. The molecule has 0 aliphatic carbocycles. The lowest BCUT2D eigenvalue weighted by Gasteiger charge is -2.31. The van der Waals surface area contributed by atoms with Crippen molar-refractivity contribution in [3.05, 3.63) is 33.3 Å². The maximum absolute atomic E-state index is 12.3. The summed E-state index contributed by atoms with van der Waals surface area (Å²) in [5, 5.41) is 1.27. The van der Waals surface area contributed by atoms with Gasteiger partial charge in [-0.3, -0.25) is 4.79 Å². The van der Waals surface area contributed by atoms with Gasteiger partial charge in [-0.05, 0) is 48.1 Å².